The van der Waals surface area contributed by atoms with Crippen LogP contribution >= 0.6 is 0 Å². The molecule has 0 unspecified atom stereocenters. The summed E-state index contributed by atoms with van der Waals surface area (Å²) in [5.41, 5.74) is 10.9. The molecule has 1 aliphatic rings. The molecule has 0 aliphatic heterocycles. The lowest BCUT2D eigenvalue weighted by atomic mass is 10.1. The van der Waals surface area contributed by atoms with Crippen molar-refractivity contribution in [2.45, 2.75) is 26.2 Å². The fraction of sp³-hybridized carbons (Fsp3) is 0.333. The van der Waals surface area contributed by atoms with E-state index in [-0.39, 0.29) is 0 Å². The second-order valence-electron chi connectivity index (χ2n) is 3.55. The lowest BCUT2D eigenvalue weighted by Crippen LogP contribution is -1.87. The maximum absolute atomic E-state index is 5.73. The minimum atomic E-state index is 0.886. The summed E-state index contributed by atoms with van der Waals surface area (Å²) in [6, 6.07) is 6.25. The average Bonchev–Trinajstić information content (AvgIpc) is 2.49. The topological polar surface area (TPSA) is 26.0 Å². The van der Waals surface area contributed by atoms with Gasteiger partial charge >= 0.3 is 0 Å². The van der Waals surface area contributed by atoms with Crippen LogP contribution in [0.15, 0.2) is 24.3 Å². The molecule has 0 bridgehead atoms. The molecule has 0 fully saturated rings. The number of fused-ring (bicyclic) bond motifs is 1. The SMILES string of the molecule is CC/C=C1/CCc2cc(N)ccc21. The van der Waals surface area contributed by atoms with Crippen LogP contribution in [0.25, 0.3) is 5.57 Å². The highest BCUT2D eigenvalue weighted by molar-refractivity contribution is 5.74. The summed E-state index contributed by atoms with van der Waals surface area (Å²) in [6.07, 6.45) is 5.79. The number of hydrogen-bond donors (Lipinski definition) is 1. The molecule has 0 radical (unpaired) electrons. The van der Waals surface area contributed by atoms with E-state index in [4.69, 9.17) is 5.73 Å². The fourth-order valence-electron chi connectivity index (χ4n) is 2.00. The molecule has 0 aromatic heterocycles. The van der Waals surface area contributed by atoms with Crippen molar-refractivity contribution >= 4 is 11.3 Å². The minimum Gasteiger partial charge on any atom is -0.399 e. The van der Waals surface area contributed by atoms with Gasteiger partial charge in [0, 0.05) is 5.69 Å². The highest BCUT2D eigenvalue weighted by Crippen LogP contribution is 2.33. The van der Waals surface area contributed by atoms with Crippen molar-refractivity contribution in [3.63, 3.8) is 0 Å². The van der Waals surface area contributed by atoms with E-state index in [0.29, 0.717) is 0 Å². The zero-order valence-corrected chi connectivity index (χ0v) is 8.01. The van der Waals surface area contributed by atoms with Gasteiger partial charge in [0.25, 0.3) is 0 Å². The molecular formula is C12H15N. The van der Waals surface area contributed by atoms with Gasteiger partial charge in [-0.05, 0) is 48.1 Å². The van der Waals surface area contributed by atoms with E-state index in [1.807, 2.05) is 6.07 Å². The van der Waals surface area contributed by atoms with Gasteiger partial charge in [-0.3, -0.25) is 0 Å². The zero-order chi connectivity index (χ0) is 9.26. The third-order valence-corrected chi connectivity index (χ3v) is 2.59. The quantitative estimate of drug-likeness (QED) is 0.649. The molecule has 1 heteroatoms. The minimum absolute atomic E-state index is 0.886. The van der Waals surface area contributed by atoms with E-state index in [0.717, 1.165) is 18.5 Å². The van der Waals surface area contributed by atoms with Crippen molar-refractivity contribution in [3.8, 4) is 0 Å². The Morgan fingerprint density at radius 2 is 2.23 bits per heavy atom. The molecule has 13 heavy (non-hydrogen) atoms. The molecule has 1 nitrogen and oxygen atoms in total. The highest BCUT2D eigenvalue weighted by Gasteiger charge is 2.14. The smallest absolute Gasteiger partial charge is 0.0317 e. The third-order valence-electron chi connectivity index (χ3n) is 2.59. The molecule has 0 amide bonds. The molecular weight excluding hydrogens is 158 g/mol. The predicted octanol–water partition coefficient (Wildman–Crippen LogP) is 3.01. The summed E-state index contributed by atoms with van der Waals surface area (Å²) in [5, 5.41) is 0. The number of rotatable bonds is 1. The first-order valence-corrected chi connectivity index (χ1v) is 4.89. The van der Waals surface area contributed by atoms with Gasteiger partial charge in [-0.1, -0.05) is 19.1 Å². The van der Waals surface area contributed by atoms with Crippen LogP contribution < -0.4 is 5.73 Å². The second kappa shape index (κ2) is 3.25. The number of nitrogen functional groups attached to an aromatic ring is 1. The average molecular weight is 173 g/mol. The fourth-order valence-corrected chi connectivity index (χ4v) is 2.00. The van der Waals surface area contributed by atoms with Crippen molar-refractivity contribution in [2.24, 2.45) is 0 Å². The summed E-state index contributed by atoms with van der Waals surface area (Å²) >= 11 is 0. The zero-order valence-electron chi connectivity index (χ0n) is 8.01. The molecule has 0 heterocycles. The van der Waals surface area contributed by atoms with Gasteiger partial charge in [0.05, 0.1) is 0 Å². The number of anilines is 1. The van der Waals surface area contributed by atoms with Gasteiger partial charge in [0.15, 0.2) is 0 Å². The highest BCUT2D eigenvalue weighted by atomic mass is 14.5. The second-order valence-corrected chi connectivity index (χ2v) is 3.55. The Labute approximate surface area is 79.3 Å². The van der Waals surface area contributed by atoms with Crippen LogP contribution in [0.2, 0.25) is 0 Å². The Hall–Kier alpha value is -1.24. The molecule has 0 saturated carbocycles. The predicted molar refractivity (Wildman–Crippen MR) is 57.4 cm³/mol. The van der Waals surface area contributed by atoms with Crippen molar-refractivity contribution in [1.82, 2.24) is 0 Å². The van der Waals surface area contributed by atoms with Gasteiger partial charge < -0.3 is 5.73 Å². The van der Waals surface area contributed by atoms with Crippen LogP contribution in [-0.4, -0.2) is 0 Å². The summed E-state index contributed by atoms with van der Waals surface area (Å²) in [6.45, 7) is 2.18. The molecule has 0 spiro atoms. The summed E-state index contributed by atoms with van der Waals surface area (Å²) in [7, 11) is 0. The molecule has 2 rings (SSSR count). The van der Waals surface area contributed by atoms with Gasteiger partial charge in [0.2, 0.25) is 0 Å². The Kier molecular flexibility index (Phi) is 2.09. The Morgan fingerprint density at radius 3 is 3.00 bits per heavy atom. The van der Waals surface area contributed by atoms with E-state index in [1.165, 1.54) is 23.1 Å². The van der Waals surface area contributed by atoms with Crippen molar-refractivity contribution in [2.75, 3.05) is 5.73 Å². The van der Waals surface area contributed by atoms with Gasteiger partial charge in [0.1, 0.15) is 0 Å². The summed E-state index contributed by atoms with van der Waals surface area (Å²) in [4.78, 5) is 0. The van der Waals surface area contributed by atoms with E-state index >= 15 is 0 Å². The molecule has 0 atom stereocenters. The molecule has 68 valence electrons. The molecule has 1 aromatic rings. The Balaban J connectivity index is 2.44. The maximum atomic E-state index is 5.73. The van der Waals surface area contributed by atoms with E-state index < -0.39 is 0 Å². The molecule has 1 aliphatic carbocycles. The number of hydrogen-bond acceptors (Lipinski definition) is 1. The van der Waals surface area contributed by atoms with E-state index in [9.17, 15) is 0 Å². The van der Waals surface area contributed by atoms with Crippen LogP contribution in [-0.2, 0) is 6.42 Å². The monoisotopic (exact) mass is 173 g/mol. The van der Waals surface area contributed by atoms with Crippen LogP contribution in [0.3, 0.4) is 0 Å². The number of benzene rings is 1. The lowest BCUT2D eigenvalue weighted by Gasteiger charge is -2.01. The van der Waals surface area contributed by atoms with Gasteiger partial charge in [-0.15, -0.1) is 0 Å². The third kappa shape index (κ3) is 1.46. The van der Waals surface area contributed by atoms with Gasteiger partial charge in [-0.2, -0.15) is 0 Å². The van der Waals surface area contributed by atoms with Crippen molar-refractivity contribution in [3.05, 3.63) is 35.4 Å². The number of nitrogens with two attached hydrogens (primary N) is 1. The number of allylic oxidation sites excluding steroid dienone is 2. The van der Waals surface area contributed by atoms with Crippen LogP contribution in [0.5, 0.6) is 0 Å². The van der Waals surface area contributed by atoms with Crippen LogP contribution in [0.4, 0.5) is 5.69 Å². The largest absolute Gasteiger partial charge is 0.399 e. The van der Waals surface area contributed by atoms with Crippen molar-refractivity contribution < 1.29 is 0 Å². The normalized spacial score (nSPS) is 17.8. The molecule has 0 saturated heterocycles. The first-order valence-electron chi connectivity index (χ1n) is 4.89. The summed E-state index contributed by atoms with van der Waals surface area (Å²) in [5.74, 6) is 0. The van der Waals surface area contributed by atoms with Crippen LogP contribution in [0, 0.1) is 0 Å². The molecule has 2 N–H and O–H groups in total. The first kappa shape index (κ1) is 8.36. The van der Waals surface area contributed by atoms with Crippen molar-refractivity contribution in [1.29, 1.82) is 0 Å². The Bertz CT molecular complexity index is 350. The maximum Gasteiger partial charge on any atom is 0.0317 e. The van der Waals surface area contributed by atoms with Crippen LogP contribution in [0.1, 0.15) is 30.9 Å². The van der Waals surface area contributed by atoms with E-state index in [1.54, 1.807) is 0 Å². The number of aryl methyl sites for hydroxylation is 1. The van der Waals surface area contributed by atoms with Gasteiger partial charge in [-0.25, -0.2) is 0 Å². The lowest BCUT2D eigenvalue weighted by molar-refractivity contribution is 1.07. The standard InChI is InChI=1S/C12H15N/c1-2-3-9-4-5-10-8-11(13)6-7-12(9)10/h3,6-8H,2,4-5,13H2,1H3/b9-3-. The first-order chi connectivity index (χ1) is 6.31. The Morgan fingerprint density at radius 1 is 1.38 bits per heavy atom. The molecule has 1 aromatic carbocycles. The summed E-state index contributed by atoms with van der Waals surface area (Å²) < 4.78 is 0. The van der Waals surface area contributed by atoms with E-state index in [2.05, 4.69) is 25.1 Å².